The third kappa shape index (κ3) is 2.32. The molecule has 2 unspecified atom stereocenters. The Hall–Kier alpha value is -1.22. The lowest BCUT2D eigenvalue weighted by Gasteiger charge is -2.28. The molecule has 3 rings (SSSR count). The number of aryl methyl sites for hydroxylation is 1. The summed E-state index contributed by atoms with van der Waals surface area (Å²) in [5.74, 6) is 0. The highest BCUT2D eigenvalue weighted by Gasteiger charge is 2.46. The van der Waals surface area contributed by atoms with E-state index in [1.54, 1.807) is 6.20 Å². The molecule has 0 saturated heterocycles. The lowest BCUT2D eigenvalue weighted by molar-refractivity contribution is 0.106. The van der Waals surface area contributed by atoms with Gasteiger partial charge in [-0.25, -0.2) is 0 Å². The minimum atomic E-state index is -0.964. The number of benzene rings is 1. The van der Waals surface area contributed by atoms with E-state index in [0.717, 1.165) is 22.0 Å². The van der Waals surface area contributed by atoms with Gasteiger partial charge in [0.05, 0.1) is 11.8 Å². The largest absolute Gasteiger partial charge is 0.385 e. The SMILES string of the molecule is N#CC1(C(O)c2ncc(Br)cc2Br)CCc2ccccc21. The molecule has 3 nitrogen and oxygen atoms in total. The van der Waals surface area contributed by atoms with Gasteiger partial charge in [-0.1, -0.05) is 24.3 Å². The molecule has 21 heavy (non-hydrogen) atoms. The van der Waals surface area contributed by atoms with Gasteiger partial charge < -0.3 is 5.11 Å². The van der Waals surface area contributed by atoms with Gasteiger partial charge in [0.15, 0.2) is 0 Å². The van der Waals surface area contributed by atoms with Crippen LogP contribution in [0.4, 0.5) is 0 Å². The monoisotopic (exact) mass is 406 g/mol. The normalized spacial score (nSPS) is 21.6. The Bertz CT molecular complexity index is 741. The zero-order chi connectivity index (χ0) is 15.0. The molecule has 2 atom stereocenters. The van der Waals surface area contributed by atoms with Gasteiger partial charge in [0.25, 0.3) is 0 Å². The summed E-state index contributed by atoms with van der Waals surface area (Å²) in [6, 6.07) is 12.0. The van der Waals surface area contributed by atoms with Crippen LogP contribution in [0, 0.1) is 11.3 Å². The fraction of sp³-hybridized carbons (Fsp3) is 0.250. The second-order valence-electron chi connectivity index (χ2n) is 5.16. The summed E-state index contributed by atoms with van der Waals surface area (Å²) in [6.45, 7) is 0. The van der Waals surface area contributed by atoms with E-state index < -0.39 is 11.5 Å². The molecule has 0 aliphatic heterocycles. The number of aliphatic hydroxyl groups excluding tert-OH is 1. The average molecular weight is 408 g/mol. The Balaban J connectivity index is 2.11. The van der Waals surface area contributed by atoms with Crippen LogP contribution in [0.25, 0.3) is 0 Å². The number of fused-ring (bicyclic) bond motifs is 1. The Morgan fingerprint density at radius 2 is 2.10 bits per heavy atom. The van der Waals surface area contributed by atoms with Crippen LogP contribution in [-0.4, -0.2) is 10.1 Å². The molecule has 0 amide bonds. The van der Waals surface area contributed by atoms with Gasteiger partial charge in [-0.05, 0) is 61.9 Å². The first-order valence-corrected chi connectivity index (χ1v) is 8.16. The van der Waals surface area contributed by atoms with Crippen molar-refractivity contribution in [3.63, 3.8) is 0 Å². The van der Waals surface area contributed by atoms with Crippen LogP contribution < -0.4 is 0 Å². The molecule has 1 N–H and O–H groups in total. The molecule has 0 fully saturated rings. The highest BCUT2D eigenvalue weighted by molar-refractivity contribution is 9.11. The number of rotatable bonds is 2. The molecule has 106 valence electrons. The fourth-order valence-electron chi connectivity index (χ4n) is 2.96. The van der Waals surface area contributed by atoms with Crippen LogP contribution in [-0.2, 0) is 11.8 Å². The topological polar surface area (TPSA) is 56.9 Å². The van der Waals surface area contributed by atoms with Gasteiger partial charge in [-0.3, -0.25) is 4.98 Å². The predicted octanol–water partition coefficient (Wildman–Crippen LogP) is 4.05. The summed E-state index contributed by atoms with van der Waals surface area (Å²) in [5.41, 5.74) is 1.61. The van der Waals surface area contributed by atoms with Crippen molar-refractivity contribution in [2.24, 2.45) is 0 Å². The first kappa shape index (κ1) is 14.7. The van der Waals surface area contributed by atoms with E-state index >= 15 is 0 Å². The maximum atomic E-state index is 10.9. The van der Waals surface area contributed by atoms with E-state index in [1.807, 2.05) is 30.3 Å². The Morgan fingerprint density at radius 3 is 2.81 bits per heavy atom. The maximum absolute atomic E-state index is 10.9. The minimum Gasteiger partial charge on any atom is -0.385 e. The van der Waals surface area contributed by atoms with Crippen LogP contribution in [0.1, 0.15) is 29.3 Å². The highest BCUT2D eigenvalue weighted by Crippen LogP contribution is 2.47. The van der Waals surface area contributed by atoms with Crippen LogP contribution in [0.15, 0.2) is 45.5 Å². The van der Waals surface area contributed by atoms with Gasteiger partial charge in [0.1, 0.15) is 11.5 Å². The van der Waals surface area contributed by atoms with Crippen molar-refractivity contribution in [1.82, 2.24) is 4.98 Å². The number of aliphatic hydroxyl groups is 1. The zero-order valence-electron chi connectivity index (χ0n) is 11.1. The van der Waals surface area contributed by atoms with E-state index in [2.05, 4.69) is 42.9 Å². The molecule has 1 aliphatic rings. The summed E-state index contributed by atoms with van der Waals surface area (Å²) in [6.07, 6.45) is 2.08. The molecule has 1 heterocycles. The number of hydrogen-bond donors (Lipinski definition) is 1. The van der Waals surface area contributed by atoms with Gasteiger partial charge in [0.2, 0.25) is 0 Å². The van der Waals surface area contributed by atoms with Crippen molar-refractivity contribution in [3.05, 3.63) is 62.3 Å². The van der Waals surface area contributed by atoms with Gasteiger partial charge >= 0.3 is 0 Å². The number of nitrogens with zero attached hydrogens (tertiary/aromatic N) is 2. The van der Waals surface area contributed by atoms with Gasteiger partial charge in [-0.2, -0.15) is 5.26 Å². The second-order valence-corrected chi connectivity index (χ2v) is 6.93. The molecule has 1 aromatic carbocycles. The van der Waals surface area contributed by atoms with Crippen LogP contribution >= 0.6 is 31.9 Å². The molecule has 0 bridgehead atoms. The number of aromatic nitrogens is 1. The number of nitriles is 1. The summed E-state index contributed by atoms with van der Waals surface area (Å²) in [5, 5.41) is 20.6. The molecule has 0 saturated carbocycles. The van der Waals surface area contributed by atoms with E-state index in [4.69, 9.17) is 0 Å². The summed E-state index contributed by atoms with van der Waals surface area (Å²) in [4.78, 5) is 4.29. The Morgan fingerprint density at radius 1 is 1.33 bits per heavy atom. The minimum absolute atomic E-state index is 0.497. The van der Waals surface area contributed by atoms with Crippen molar-refractivity contribution in [3.8, 4) is 6.07 Å². The number of hydrogen-bond acceptors (Lipinski definition) is 3. The van der Waals surface area contributed by atoms with Gasteiger partial charge in [-0.15, -0.1) is 0 Å². The Kier molecular flexibility index (Phi) is 3.87. The second kappa shape index (κ2) is 5.53. The van der Waals surface area contributed by atoms with E-state index in [-0.39, 0.29) is 0 Å². The summed E-state index contributed by atoms with van der Waals surface area (Å²) < 4.78 is 1.52. The van der Waals surface area contributed by atoms with Crippen molar-refractivity contribution < 1.29 is 5.11 Å². The van der Waals surface area contributed by atoms with Crippen molar-refractivity contribution in [2.75, 3.05) is 0 Å². The van der Waals surface area contributed by atoms with E-state index in [9.17, 15) is 10.4 Å². The fourth-order valence-corrected chi connectivity index (χ4v) is 4.17. The van der Waals surface area contributed by atoms with Crippen LogP contribution in [0.2, 0.25) is 0 Å². The molecule has 5 heteroatoms. The van der Waals surface area contributed by atoms with Gasteiger partial charge in [0, 0.05) is 15.1 Å². The standard InChI is InChI=1S/C16H12Br2N2O/c17-11-7-13(18)14(20-8-11)15(21)16(9-19)6-5-10-3-1-2-4-12(10)16/h1-4,7-8,15,21H,5-6H2. The molecular formula is C16H12Br2N2O. The van der Waals surface area contributed by atoms with E-state index in [0.29, 0.717) is 16.6 Å². The predicted molar refractivity (Wildman–Crippen MR) is 86.7 cm³/mol. The van der Waals surface area contributed by atoms with Crippen molar-refractivity contribution in [2.45, 2.75) is 24.4 Å². The highest BCUT2D eigenvalue weighted by atomic mass is 79.9. The first-order chi connectivity index (χ1) is 10.1. The van der Waals surface area contributed by atoms with Crippen molar-refractivity contribution >= 4 is 31.9 Å². The van der Waals surface area contributed by atoms with Crippen LogP contribution in [0.3, 0.4) is 0 Å². The molecule has 1 aromatic heterocycles. The average Bonchev–Trinajstić information content (AvgIpc) is 2.87. The summed E-state index contributed by atoms with van der Waals surface area (Å²) in [7, 11) is 0. The quantitative estimate of drug-likeness (QED) is 0.816. The molecule has 0 spiro atoms. The Labute approximate surface area is 139 Å². The van der Waals surface area contributed by atoms with Crippen molar-refractivity contribution in [1.29, 1.82) is 5.26 Å². The lowest BCUT2D eigenvalue weighted by atomic mass is 9.76. The van der Waals surface area contributed by atoms with Crippen LogP contribution in [0.5, 0.6) is 0 Å². The number of halogens is 2. The zero-order valence-corrected chi connectivity index (χ0v) is 14.2. The molecule has 0 radical (unpaired) electrons. The molecule has 2 aromatic rings. The van der Waals surface area contributed by atoms with E-state index in [1.165, 1.54) is 0 Å². The summed E-state index contributed by atoms with van der Waals surface area (Å²) >= 11 is 6.77. The molecule has 1 aliphatic carbocycles. The number of pyridine rings is 1. The first-order valence-electron chi connectivity index (χ1n) is 6.57. The molecular weight excluding hydrogens is 396 g/mol. The smallest absolute Gasteiger partial charge is 0.120 e. The third-order valence-electron chi connectivity index (χ3n) is 4.05. The maximum Gasteiger partial charge on any atom is 0.120 e. The third-order valence-corrected chi connectivity index (χ3v) is 5.12. The lowest BCUT2D eigenvalue weighted by Crippen LogP contribution is -2.30.